The van der Waals surface area contributed by atoms with Crippen LogP contribution in [0, 0.1) is 19.3 Å². The molecule has 152 valence electrons. The number of nitrogens with two attached hydrogens (primary N) is 1. The summed E-state index contributed by atoms with van der Waals surface area (Å²) < 4.78 is 25.8. The number of carbonyl (C=O) groups excluding carboxylic acids is 1. The molecule has 1 amide bonds. The minimum Gasteiger partial charge on any atom is -0.367 e. The SMILES string of the molecule is CCCN1c2c(c(C)c(NS(N)(=O)=O)c(C)c2NC(=O)C(C)(C)C)CC1C. The van der Waals surface area contributed by atoms with Crippen molar-refractivity contribution in [2.75, 3.05) is 21.5 Å². The molecule has 0 radical (unpaired) electrons. The summed E-state index contributed by atoms with van der Waals surface area (Å²) in [6.07, 6.45) is 1.77. The lowest BCUT2D eigenvalue weighted by atomic mass is 9.93. The van der Waals surface area contributed by atoms with E-state index in [4.69, 9.17) is 5.14 Å². The number of carbonyl (C=O) groups is 1. The van der Waals surface area contributed by atoms with Crippen molar-refractivity contribution in [1.29, 1.82) is 0 Å². The van der Waals surface area contributed by atoms with Gasteiger partial charge in [-0.3, -0.25) is 9.52 Å². The largest absolute Gasteiger partial charge is 0.367 e. The normalized spacial score (nSPS) is 17.0. The predicted molar refractivity (Wildman–Crippen MR) is 112 cm³/mol. The van der Waals surface area contributed by atoms with Gasteiger partial charge in [-0.15, -0.1) is 0 Å². The van der Waals surface area contributed by atoms with Crippen LogP contribution in [0.5, 0.6) is 0 Å². The van der Waals surface area contributed by atoms with Crippen LogP contribution < -0.4 is 20.1 Å². The van der Waals surface area contributed by atoms with Crippen LogP contribution in [0.4, 0.5) is 17.1 Å². The van der Waals surface area contributed by atoms with E-state index in [9.17, 15) is 13.2 Å². The van der Waals surface area contributed by atoms with Crippen LogP contribution in [-0.4, -0.2) is 26.9 Å². The quantitative estimate of drug-likeness (QED) is 0.711. The molecule has 0 aliphatic carbocycles. The average Bonchev–Trinajstić information content (AvgIpc) is 2.83. The minimum absolute atomic E-state index is 0.116. The van der Waals surface area contributed by atoms with Gasteiger partial charge in [-0.25, -0.2) is 5.14 Å². The maximum Gasteiger partial charge on any atom is 0.296 e. The number of fused-ring (bicyclic) bond motifs is 1. The minimum atomic E-state index is -3.93. The van der Waals surface area contributed by atoms with Crippen LogP contribution in [0.15, 0.2) is 0 Å². The highest BCUT2D eigenvalue weighted by atomic mass is 32.2. The van der Waals surface area contributed by atoms with Gasteiger partial charge in [-0.05, 0) is 50.3 Å². The molecule has 1 aliphatic heterocycles. The van der Waals surface area contributed by atoms with E-state index in [1.54, 1.807) is 0 Å². The summed E-state index contributed by atoms with van der Waals surface area (Å²) in [5, 5.41) is 8.29. The Morgan fingerprint density at radius 1 is 1.22 bits per heavy atom. The molecule has 1 aliphatic rings. The zero-order valence-corrected chi connectivity index (χ0v) is 18.2. The molecule has 0 bridgehead atoms. The molecule has 1 aromatic rings. The van der Waals surface area contributed by atoms with Gasteiger partial charge in [0.05, 0.1) is 17.1 Å². The summed E-state index contributed by atoms with van der Waals surface area (Å²) in [6.45, 7) is 14.4. The predicted octanol–water partition coefficient (Wildman–Crippen LogP) is 3.06. The summed E-state index contributed by atoms with van der Waals surface area (Å²) >= 11 is 0. The summed E-state index contributed by atoms with van der Waals surface area (Å²) in [5.41, 5.74) is 4.13. The fraction of sp³-hybridized carbons (Fsp3) is 0.632. The molecular formula is C19H32N4O3S. The molecule has 0 aromatic heterocycles. The van der Waals surface area contributed by atoms with Gasteiger partial charge in [0.1, 0.15) is 0 Å². The van der Waals surface area contributed by atoms with Gasteiger partial charge in [0, 0.05) is 18.0 Å². The number of nitrogens with zero attached hydrogens (tertiary/aromatic N) is 1. The Morgan fingerprint density at radius 3 is 2.30 bits per heavy atom. The van der Waals surface area contributed by atoms with Crippen molar-refractivity contribution in [3.63, 3.8) is 0 Å². The van der Waals surface area contributed by atoms with Crippen molar-refractivity contribution < 1.29 is 13.2 Å². The van der Waals surface area contributed by atoms with Gasteiger partial charge in [-0.1, -0.05) is 27.7 Å². The zero-order chi connectivity index (χ0) is 20.7. The molecule has 27 heavy (non-hydrogen) atoms. The monoisotopic (exact) mass is 396 g/mol. The maximum atomic E-state index is 12.7. The van der Waals surface area contributed by atoms with E-state index in [2.05, 4.69) is 28.8 Å². The van der Waals surface area contributed by atoms with E-state index in [1.165, 1.54) is 0 Å². The van der Waals surface area contributed by atoms with E-state index in [1.807, 2.05) is 34.6 Å². The third kappa shape index (κ3) is 4.38. The van der Waals surface area contributed by atoms with Crippen molar-refractivity contribution in [1.82, 2.24) is 0 Å². The highest BCUT2D eigenvalue weighted by molar-refractivity contribution is 7.90. The highest BCUT2D eigenvalue weighted by Crippen LogP contribution is 2.47. The van der Waals surface area contributed by atoms with E-state index in [0.29, 0.717) is 16.9 Å². The fourth-order valence-electron chi connectivity index (χ4n) is 3.58. The lowest BCUT2D eigenvalue weighted by Gasteiger charge is -2.29. The molecule has 8 heteroatoms. The van der Waals surface area contributed by atoms with Crippen LogP contribution in [0.3, 0.4) is 0 Å². The third-order valence-corrected chi connectivity index (χ3v) is 5.54. The molecule has 4 N–H and O–H groups in total. The molecule has 0 fully saturated rings. The van der Waals surface area contributed by atoms with Crippen molar-refractivity contribution in [2.45, 2.75) is 67.3 Å². The van der Waals surface area contributed by atoms with Crippen LogP contribution in [-0.2, 0) is 21.4 Å². The van der Waals surface area contributed by atoms with E-state index >= 15 is 0 Å². The summed E-state index contributed by atoms with van der Waals surface area (Å²) in [5.74, 6) is -0.116. The van der Waals surface area contributed by atoms with E-state index in [-0.39, 0.29) is 11.9 Å². The second kappa shape index (κ2) is 7.31. The van der Waals surface area contributed by atoms with Crippen molar-refractivity contribution >= 4 is 33.2 Å². The van der Waals surface area contributed by atoms with Gasteiger partial charge >= 0.3 is 0 Å². The van der Waals surface area contributed by atoms with Crippen molar-refractivity contribution in [3.8, 4) is 0 Å². The number of amides is 1. The highest BCUT2D eigenvalue weighted by Gasteiger charge is 2.34. The van der Waals surface area contributed by atoms with Crippen LogP contribution in [0.1, 0.15) is 57.7 Å². The molecule has 0 spiro atoms. The summed E-state index contributed by atoms with van der Waals surface area (Å²) in [7, 11) is -3.93. The summed E-state index contributed by atoms with van der Waals surface area (Å²) in [6, 6.07) is 0.271. The first-order valence-electron chi connectivity index (χ1n) is 9.32. The van der Waals surface area contributed by atoms with Gasteiger partial charge in [-0.2, -0.15) is 8.42 Å². The Bertz CT molecular complexity index is 857. The average molecular weight is 397 g/mol. The first-order chi connectivity index (χ1) is 12.3. The standard InChI is InChI=1S/C19H32N4O3S/c1-8-9-23-11(2)10-14-12(3)15(22-27(20,25)26)13(4)16(17(14)23)21-18(24)19(5,6)7/h11,22H,8-10H2,1-7H3,(H,21,24)(H2,20,25,26). The number of nitrogens with one attached hydrogen (secondary N) is 2. The zero-order valence-electron chi connectivity index (χ0n) is 17.4. The van der Waals surface area contributed by atoms with Crippen LogP contribution >= 0.6 is 0 Å². The second-order valence-electron chi connectivity index (χ2n) is 8.42. The second-order valence-corrected chi connectivity index (χ2v) is 9.72. The Hall–Kier alpha value is -1.80. The molecule has 1 atom stereocenters. The number of hydrogen-bond acceptors (Lipinski definition) is 4. The van der Waals surface area contributed by atoms with Gasteiger partial charge in [0.2, 0.25) is 5.91 Å². The molecule has 1 aromatic carbocycles. The molecule has 1 unspecified atom stereocenters. The molecule has 7 nitrogen and oxygen atoms in total. The van der Waals surface area contributed by atoms with E-state index < -0.39 is 15.6 Å². The fourth-order valence-corrected chi connectivity index (χ4v) is 4.17. The Labute approximate surface area is 162 Å². The number of anilines is 3. The number of hydrogen-bond donors (Lipinski definition) is 3. The first kappa shape index (κ1) is 21.5. The Morgan fingerprint density at radius 2 is 1.81 bits per heavy atom. The smallest absolute Gasteiger partial charge is 0.296 e. The van der Waals surface area contributed by atoms with Gasteiger partial charge in [0.25, 0.3) is 10.2 Å². The van der Waals surface area contributed by atoms with E-state index in [0.717, 1.165) is 36.2 Å². The molecule has 0 saturated carbocycles. The number of rotatable bonds is 5. The van der Waals surface area contributed by atoms with Crippen molar-refractivity contribution in [2.24, 2.45) is 10.6 Å². The molecular weight excluding hydrogens is 364 g/mol. The van der Waals surface area contributed by atoms with Gasteiger partial charge < -0.3 is 10.2 Å². The molecule has 0 saturated heterocycles. The first-order valence-corrected chi connectivity index (χ1v) is 10.9. The maximum absolute atomic E-state index is 12.7. The van der Waals surface area contributed by atoms with Crippen molar-refractivity contribution in [3.05, 3.63) is 16.7 Å². The third-order valence-electron chi connectivity index (χ3n) is 5.05. The Balaban J connectivity index is 2.73. The lowest BCUT2D eigenvalue weighted by molar-refractivity contribution is -0.123. The van der Waals surface area contributed by atoms with Gasteiger partial charge in [0.15, 0.2) is 0 Å². The topological polar surface area (TPSA) is 105 Å². The number of benzene rings is 1. The molecule has 2 rings (SSSR count). The van der Waals surface area contributed by atoms with Crippen LogP contribution in [0.25, 0.3) is 0 Å². The van der Waals surface area contributed by atoms with Crippen LogP contribution in [0.2, 0.25) is 0 Å². The molecule has 1 heterocycles. The Kier molecular flexibility index (Phi) is 5.82. The lowest BCUT2D eigenvalue weighted by Crippen LogP contribution is -2.32. The summed E-state index contributed by atoms with van der Waals surface area (Å²) in [4.78, 5) is 15.0.